The van der Waals surface area contributed by atoms with Crippen LogP contribution in [0.1, 0.15) is 25.7 Å². The van der Waals surface area contributed by atoms with Gasteiger partial charge in [-0.05, 0) is 25.7 Å². The first kappa shape index (κ1) is 8.27. The van der Waals surface area contributed by atoms with Gasteiger partial charge in [-0.15, -0.1) is 0 Å². The van der Waals surface area contributed by atoms with Crippen LogP contribution in [0, 0.1) is 0 Å². The van der Waals surface area contributed by atoms with E-state index in [1.165, 1.54) is 19.3 Å². The molecule has 2 aliphatic rings. The normalized spacial score (nSPS) is 37.4. The fourth-order valence-electron chi connectivity index (χ4n) is 2.17. The molecule has 0 radical (unpaired) electrons. The number of nitrogens with zero attached hydrogens (tertiary/aromatic N) is 1. The molecule has 0 bridgehead atoms. The van der Waals surface area contributed by atoms with E-state index in [2.05, 4.69) is 17.1 Å². The largest absolute Gasteiger partial charge is 0.392 e. The molecule has 2 rings (SSSR count). The second-order valence-corrected chi connectivity index (χ2v) is 3.86. The predicted molar refractivity (Wildman–Crippen MR) is 49.0 cm³/mol. The van der Waals surface area contributed by atoms with E-state index < -0.39 is 0 Å². The molecule has 2 nitrogen and oxygen atoms in total. The van der Waals surface area contributed by atoms with Gasteiger partial charge < -0.3 is 5.11 Å². The number of aliphatic hydroxyl groups excluding tert-OH is 1. The SMILES string of the molecule is O[C@H]1CCN(C2C=CCCC2)C1. The zero-order chi connectivity index (χ0) is 8.39. The lowest BCUT2D eigenvalue weighted by atomic mass is 10.0. The maximum Gasteiger partial charge on any atom is 0.0679 e. The Hall–Kier alpha value is -0.340. The van der Waals surface area contributed by atoms with Gasteiger partial charge in [0.15, 0.2) is 0 Å². The maximum atomic E-state index is 9.36. The zero-order valence-corrected chi connectivity index (χ0v) is 7.45. The molecular formula is C10H17NO. The second-order valence-electron chi connectivity index (χ2n) is 3.86. The van der Waals surface area contributed by atoms with Crippen molar-refractivity contribution in [1.82, 2.24) is 4.90 Å². The quantitative estimate of drug-likeness (QED) is 0.592. The van der Waals surface area contributed by atoms with Gasteiger partial charge in [0.25, 0.3) is 0 Å². The van der Waals surface area contributed by atoms with Crippen molar-refractivity contribution in [2.75, 3.05) is 13.1 Å². The topological polar surface area (TPSA) is 23.5 Å². The molecule has 0 spiro atoms. The first-order chi connectivity index (χ1) is 5.86. The van der Waals surface area contributed by atoms with Crippen LogP contribution in [0.5, 0.6) is 0 Å². The van der Waals surface area contributed by atoms with Crippen molar-refractivity contribution in [3.05, 3.63) is 12.2 Å². The fraction of sp³-hybridized carbons (Fsp3) is 0.800. The highest BCUT2D eigenvalue weighted by molar-refractivity contribution is 5.00. The van der Waals surface area contributed by atoms with Crippen LogP contribution in [0.15, 0.2) is 12.2 Å². The van der Waals surface area contributed by atoms with Crippen molar-refractivity contribution in [3.8, 4) is 0 Å². The molecule has 0 aromatic heterocycles. The van der Waals surface area contributed by atoms with E-state index in [1.54, 1.807) is 0 Å². The highest BCUT2D eigenvalue weighted by Gasteiger charge is 2.25. The Morgan fingerprint density at radius 1 is 1.33 bits per heavy atom. The van der Waals surface area contributed by atoms with E-state index in [9.17, 15) is 5.11 Å². The Kier molecular flexibility index (Phi) is 2.47. The second kappa shape index (κ2) is 3.58. The summed E-state index contributed by atoms with van der Waals surface area (Å²) in [6.07, 6.45) is 9.31. The van der Waals surface area contributed by atoms with Gasteiger partial charge in [-0.3, -0.25) is 4.90 Å². The Morgan fingerprint density at radius 2 is 2.25 bits per heavy atom. The number of aliphatic hydroxyl groups is 1. The molecule has 0 saturated carbocycles. The molecular weight excluding hydrogens is 150 g/mol. The number of rotatable bonds is 1. The minimum atomic E-state index is -0.0691. The van der Waals surface area contributed by atoms with E-state index >= 15 is 0 Å². The van der Waals surface area contributed by atoms with Crippen LogP contribution in [0.3, 0.4) is 0 Å². The third-order valence-electron chi connectivity index (χ3n) is 2.89. The van der Waals surface area contributed by atoms with Crippen LogP contribution < -0.4 is 0 Å². The molecule has 1 fully saturated rings. The Balaban J connectivity index is 1.91. The van der Waals surface area contributed by atoms with E-state index in [0.717, 1.165) is 19.5 Å². The van der Waals surface area contributed by atoms with Crippen molar-refractivity contribution in [3.63, 3.8) is 0 Å². The summed E-state index contributed by atoms with van der Waals surface area (Å²) in [5.74, 6) is 0. The molecule has 0 aromatic carbocycles. The van der Waals surface area contributed by atoms with Crippen LogP contribution in [-0.4, -0.2) is 35.2 Å². The van der Waals surface area contributed by atoms with Crippen molar-refractivity contribution >= 4 is 0 Å². The van der Waals surface area contributed by atoms with Gasteiger partial charge in [0, 0.05) is 19.1 Å². The summed E-state index contributed by atoms with van der Waals surface area (Å²) in [6.45, 7) is 1.96. The van der Waals surface area contributed by atoms with E-state index in [4.69, 9.17) is 0 Å². The Labute approximate surface area is 73.9 Å². The van der Waals surface area contributed by atoms with Crippen molar-refractivity contribution in [2.24, 2.45) is 0 Å². The highest BCUT2D eigenvalue weighted by Crippen LogP contribution is 2.20. The predicted octanol–water partition coefficient (Wildman–Crippen LogP) is 1.16. The summed E-state index contributed by atoms with van der Waals surface area (Å²) < 4.78 is 0. The molecule has 1 saturated heterocycles. The van der Waals surface area contributed by atoms with E-state index in [-0.39, 0.29) is 6.10 Å². The van der Waals surface area contributed by atoms with Crippen LogP contribution >= 0.6 is 0 Å². The lowest BCUT2D eigenvalue weighted by molar-refractivity contribution is 0.164. The number of likely N-dealkylation sites (tertiary alicyclic amines) is 1. The minimum absolute atomic E-state index is 0.0691. The lowest BCUT2D eigenvalue weighted by Crippen LogP contribution is -2.33. The first-order valence-electron chi connectivity index (χ1n) is 4.95. The molecule has 68 valence electrons. The van der Waals surface area contributed by atoms with Crippen molar-refractivity contribution in [1.29, 1.82) is 0 Å². The Bertz CT molecular complexity index is 179. The molecule has 12 heavy (non-hydrogen) atoms. The van der Waals surface area contributed by atoms with Gasteiger partial charge in [-0.1, -0.05) is 12.2 Å². The standard InChI is InChI=1S/C10H17NO/c12-10-6-7-11(8-10)9-4-2-1-3-5-9/h2,4,9-10,12H,1,3,5-8H2/t9?,10-/m0/s1. The summed E-state index contributed by atoms with van der Waals surface area (Å²) in [4.78, 5) is 2.40. The van der Waals surface area contributed by atoms with E-state index in [0.29, 0.717) is 6.04 Å². The summed E-state index contributed by atoms with van der Waals surface area (Å²) in [6, 6.07) is 0.621. The lowest BCUT2D eigenvalue weighted by Gasteiger charge is -2.26. The van der Waals surface area contributed by atoms with Crippen LogP contribution in [0.4, 0.5) is 0 Å². The summed E-state index contributed by atoms with van der Waals surface area (Å²) in [7, 11) is 0. The first-order valence-corrected chi connectivity index (χ1v) is 4.95. The van der Waals surface area contributed by atoms with Gasteiger partial charge in [-0.2, -0.15) is 0 Å². The average molecular weight is 167 g/mol. The molecule has 2 heteroatoms. The summed E-state index contributed by atoms with van der Waals surface area (Å²) in [5.41, 5.74) is 0. The molecule has 2 atom stereocenters. The van der Waals surface area contributed by atoms with Crippen molar-refractivity contribution in [2.45, 2.75) is 37.8 Å². The number of β-amino-alcohol motifs (C(OH)–C–C–N with tert-alkyl or cyclic N) is 1. The summed E-state index contributed by atoms with van der Waals surface area (Å²) in [5, 5.41) is 9.36. The third kappa shape index (κ3) is 1.70. The molecule has 1 aliphatic heterocycles. The van der Waals surface area contributed by atoms with E-state index in [1.807, 2.05) is 0 Å². The van der Waals surface area contributed by atoms with Crippen LogP contribution in [0.2, 0.25) is 0 Å². The Morgan fingerprint density at radius 3 is 2.83 bits per heavy atom. The highest BCUT2D eigenvalue weighted by atomic mass is 16.3. The van der Waals surface area contributed by atoms with Gasteiger partial charge in [-0.25, -0.2) is 0 Å². The zero-order valence-electron chi connectivity index (χ0n) is 7.45. The third-order valence-corrected chi connectivity index (χ3v) is 2.89. The molecule has 1 N–H and O–H groups in total. The van der Waals surface area contributed by atoms with Crippen molar-refractivity contribution < 1.29 is 5.11 Å². The van der Waals surface area contributed by atoms with Crippen LogP contribution in [0.25, 0.3) is 0 Å². The number of hydrogen-bond donors (Lipinski definition) is 1. The fourth-order valence-corrected chi connectivity index (χ4v) is 2.17. The molecule has 1 unspecified atom stereocenters. The molecule has 0 aromatic rings. The summed E-state index contributed by atoms with van der Waals surface area (Å²) >= 11 is 0. The smallest absolute Gasteiger partial charge is 0.0679 e. The van der Waals surface area contributed by atoms with Gasteiger partial charge in [0.05, 0.1) is 6.10 Å². The molecule has 0 amide bonds. The molecule has 1 heterocycles. The van der Waals surface area contributed by atoms with Gasteiger partial charge >= 0.3 is 0 Å². The number of allylic oxidation sites excluding steroid dienone is 1. The average Bonchev–Trinajstić information content (AvgIpc) is 2.54. The minimum Gasteiger partial charge on any atom is -0.392 e. The van der Waals surface area contributed by atoms with Crippen LogP contribution in [-0.2, 0) is 0 Å². The maximum absolute atomic E-state index is 9.36. The monoisotopic (exact) mass is 167 g/mol. The van der Waals surface area contributed by atoms with Gasteiger partial charge in [0.2, 0.25) is 0 Å². The number of hydrogen-bond acceptors (Lipinski definition) is 2. The molecule has 1 aliphatic carbocycles. The van der Waals surface area contributed by atoms with Gasteiger partial charge in [0.1, 0.15) is 0 Å².